The van der Waals surface area contributed by atoms with Crippen LogP contribution in [-0.2, 0) is 24.3 Å². The van der Waals surface area contributed by atoms with Crippen LogP contribution in [0.1, 0.15) is 29.3 Å². The monoisotopic (exact) mass is 448 g/mol. The third-order valence-corrected chi connectivity index (χ3v) is 6.05. The van der Waals surface area contributed by atoms with E-state index in [-0.39, 0.29) is 18.0 Å². The lowest BCUT2D eigenvalue weighted by atomic mass is 10.1. The first kappa shape index (κ1) is 21.8. The van der Waals surface area contributed by atoms with Crippen LogP contribution in [0.4, 0.5) is 0 Å². The van der Waals surface area contributed by atoms with Crippen LogP contribution in [0.15, 0.2) is 59.7 Å². The molecule has 7 heteroatoms. The number of aromatic nitrogens is 3. The molecule has 2 heterocycles. The van der Waals surface area contributed by atoms with Gasteiger partial charge in [0.05, 0.1) is 5.39 Å². The number of hydrogen-bond acceptors (Lipinski definition) is 3. The highest BCUT2D eigenvalue weighted by Crippen LogP contribution is 2.25. The Morgan fingerprint density at radius 3 is 2.34 bits per heavy atom. The molecule has 0 atom stereocenters. The van der Waals surface area contributed by atoms with Gasteiger partial charge < -0.3 is 5.32 Å². The Morgan fingerprint density at radius 1 is 1.03 bits per heavy atom. The lowest BCUT2D eigenvalue weighted by molar-refractivity contribution is -0.121. The molecule has 0 fully saturated rings. The summed E-state index contributed by atoms with van der Waals surface area (Å²) in [7, 11) is 0. The van der Waals surface area contributed by atoms with Gasteiger partial charge in [-0.2, -0.15) is 0 Å². The van der Waals surface area contributed by atoms with Gasteiger partial charge in [0, 0.05) is 22.9 Å². The zero-order valence-corrected chi connectivity index (χ0v) is 19.1. The van der Waals surface area contributed by atoms with Crippen LogP contribution < -0.4 is 10.9 Å². The van der Waals surface area contributed by atoms with E-state index >= 15 is 0 Å². The second kappa shape index (κ2) is 9.01. The highest BCUT2D eigenvalue weighted by molar-refractivity contribution is 6.30. The van der Waals surface area contributed by atoms with Crippen LogP contribution in [0.25, 0.3) is 16.7 Å². The van der Waals surface area contributed by atoms with Gasteiger partial charge in [0.2, 0.25) is 5.91 Å². The van der Waals surface area contributed by atoms with Crippen molar-refractivity contribution in [3.63, 3.8) is 0 Å². The van der Waals surface area contributed by atoms with E-state index in [1.165, 1.54) is 16.5 Å². The molecule has 0 saturated carbocycles. The molecule has 0 aliphatic heterocycles. The number of aryl methyl sites for hydroxylation is 2. The van der Waals surface area contributed by atoms with Crippen molar-refractivity contribution in [1.82, 2.24) is 19.4 Å². The number of benzene rings is 2. The van der Waals surface area contributed by atoms with Crippen LogP contribution >= 0.6 is 11.6 Å². The maximum atomic E-state index is 13.2. The van der Waals surface area contributed by atoms with E-state index in [1.807, 2.05) is 42.7 Å². The predicted octanol–water partition coefficient (Wildman–Crippen LogP) is 4.34. The number of amides is 1. The fraction of sp³-hybridized carbons (Fsp3) is 0.240. The average molecular weight is 449 g/mol. The molecule has 0 aliphatic rings. The van der Waals surface area contributed by atoms with Crippen LogP contribution in [0.3, 0.4) is 0 Å². The third-order valence-electron chi connectivity index (χ3n) is 5.80. The first-order valence-corrected chi connectivity index (χ1v) is 10.9. The van der Waals surface area contributed by atoms with Crippen molar-refractivity contribution in [2.24, 2.45) is 0 Å². The molecular formula is C25H25ClN4O2. The minimum absolute atomic E-state index is 0.0839. The molecule has 1 N–H and O–H groups in total. The normalized spacial score (nSPS) is 11.1. The van der Waals surface area contributed by atoms with Gasteiger partial charge in [-0.15, -0.1) is 0 Å². The summed E-state index contributed by atoms with van der Waals surface area (Å²) in [5.74, 6) is -0.237. The Morgan fingerprint density at radius 2 is 1.69 bits per heavy atom. The van der Waals surface area contributed by atoms with Crippen molar-refractivity contribution in [3.05, 3.63) is 92.6 Å². The molecule has 2 aromatic heterocycles. The molecule has 4 aromatic rings. The number of nitrogens with zero attached hydrogens (tertiary/aromatic N) is 3. The maximum absolute atomic E-state index is 13.2. The maximum Gasteiger partial charge on any atom is 0.263 e. The summed E-state index contributed by atoms with van der Waals surface area (Å²) in [6, 6.07) is 15.5. The van der Waals surface area contributed by atoms with Crippen molar-refractivity contribution in [1.29, 1.82) is 0 Å². The van der Waals surface area contributed by atoms with Gasteiger partial charge in [-0.05, 0) is 61.2 Å². The Labute approximate surface area is 191 Å². The second-order valence-corrected chi connectivity index (χ2v) is 8.28. The Kier molecular flexibility index (Phi) is 6.15. The van der Waals surface area contributed by atoms with Gasteiger partial charge in [-0.3, -0.25) is 18.7 Å². The number of carbonyl (C=O) groups is 1. The molecule has 0 radical (unpaired) electrons. The SMILES string of the molecule is CCc1ccc(CNC(=O)Cn2cnc3c(c(C)c(C)n3-c3ccc(Cl)cc3)c2=O)cc1. The van der Waals surface area contributed by atoms with Gasteiger partial charge in [-0.1, -0.05) is 42.8 Å². The molecule has 32 heavy (non-hydrogen) atoms. The smallest absolute Gasteiger partial charge is 0.263 e. The van der Waals surface area contributed by atoms with E-state index in [1.54, 1.807) is 12.1 Å². The van der Waals surface area contributed by atoms with Gasteiger partial charge in [0.15, 0.2) is 5.65 Å². The molecule has 6 nitrogen and oxygen atoms in total. The summed E-state index contributed by atoms with van der Waals surface area (Å²) in [5.41, 5.74) is 5.25. The van der Waals surface area contributed by atoms with Crippen LogP contribution in [0, 0.1) is 13.8 Å². The molecule has 0 spiro atoms. The summed E-state index contributed by atoms with van der Waals surface area (Å²) in [6.07, 6.45) is 2.41. The van der Waals surface area contributed by atoms with Crippen molar-refractivity contribution >= 4 is 28.5 Å². The number of fused-ring (bicyclic) bond motifs is 1. The topological polar surface area (TPSA) is 68.9 Å². The standard InChI is InChI=1S/C25H25ClN4O2/c1-4-18-5-7-19(8-6-18)13-27-22(31)14-29-15-28-24-23(25(29)32)16(2)17(3)30(24)21-11-9-20(26)10-12-21/h5-12,15H,4,13-14H2,1-3H3,(H,27,31). The molecule has 4 rings (SSSR count). The molecular weight excluding hydrogens is 424 g/mol. The molecule has 1 amide bonds. The summed E-state index contributed by atoms with van der Waals surface area (Å²) < 4.78 is 3.29. The number of rotatable bonds is 6. The van der Waals surface area contributed by atoms with Gasteiger partial charge in [-0.25, -0.2) is 4.98 Å². The Balaban J connectivity index is 1.58. The molecule has 2 aromatic carbocycles. The van der Waals surface area contributed by atoms with Gasteiger partial charge in [0.1, 0.15) is 12.9 Å². The van der Waals surface area contributed by atoms with Gasteiger partial charge in [0.25, 0.3) is 5.56 Å². The van der Waals surface area contributed by atoms with Crippen molar-refractivity contribution in [2.75, 3.05) is 0 Å². The summed E-state index contributed by atoms with van der Waals surface area (Å²) in [4.78, 5) is 30.2. The highest BCUT2D eigenvalue weighted by Gasteiger charge is 2.18. The van der Waals surface area contributed by atoms with Crippen LogP contribution in [0.2, 0.25) is 5.02 Å². The van der Waals surface area contributed by atoms with Crippen LogP contribution in [0.5, 0.6) is 0 Å². The number of halogens is 1. The minimum Gasteiger partial charge on any atom is -0.350 e. The Hall–Kier alpha value is -3.38. The summed E-state index contributed by atoms with van der Waals surface area (Å²) >= 11 is 6.02. The highest BCUT2D eigenvalue weighted by atomic mass is 35.5. The first-order chi connectivity index (χ1) is 15.4. The van der Waals surface area contributed by atoms with Gasteiger partial charge >= 0.3 is 0 Å². The number of carbonyl (C=O) groups excluding carboxylic acids is 1. The molecule has 0 aliphatic carbocycles. The number of hydrogen-bond donors (Lipinski definition) is 1. The molecule has 0 bridgehead atoms. The van der Waals surface area contributed by atoms with Crippen molar-refractivity contribution < 1.29 is 4.79 Å². The largest absolute Gasteiger partial charge is 0.350 e. The van der Waals surface area contributed by atoms with E-state index in [4.69, 9.17) is 11.6 Å². The zero-order chi connectivity index (χ0) is 22.8. The fourth-order valence-electron chi connectivity index (χ4n) is 3.81. The fourth-order valence-corrected chi connectivity index (χ4v) is 3.93. The van der Waals surface area contributed by atoms with E-state index in [0.717, 1.165) is 28.9 Å². The average Bonchev–Trinajstić information content (AvgIpc) is 3.06. The Bertz CT molecular complexity index is 1340. The lowest BCUT2D eigenvalue weighted by Gasteiger charge is -2.09. The minimum atomic E-state index is -0.237. The third kappa shape index (κ3) is 4.18. The van der Waals surface area contributed by atoms with Crippen LogP contribution in [-0.4, -0.2) is 20.0 Å². The molecule has 0 unspecified atom stereocenters. The van der Waals surface area contributed by atoms with Crippen molar-refractivity contribution in [2.45, 2.75) is 40.3 Å². The van der Waals surface area contributed by atoms with E-state index in [2.05, 4.69) is 29.4 Å². The summed E-state index contributed by atoms with van der Waals surface area (Å²) in [5, 5.41) is 4.04. The molecule has 164 valence electrons. The van der Waals surface area contributed by atoms with Crippen molar-refractivity contribution in [3.8, 4) is 5.69 Å². The zero-order valence-electron chi connectivity index (χ0n) is 18.4. The predicted molar refractivity (Wildman–Crippen MR) is 127 cm³/mol. The molecule has 0 saturated heterocycles. The number of nitrogens with one attached hydrogen (secondary N) is 1. The van der Waals surface area contributed by atoms with E-state index < -0.39 is 0 Å². The summed E-state index contributed by atoms with van der Waals surface area (Å²) in [6.45, 7) is 6.29. The quantitative estimate of drug-likeness (QED) is 0.477. The first-order valence-electron chi connectivity index (χ1n) is 10.6. The van der Waals surface area contributed by atoms with E-state index in [0.29, 0.717) is 22.6 Å². The second-order valence-electron chi connectivity index (χ2n) is 7.85. The van der Waals surface area contributed by atoms with E-state index in [9.17, 15) is 9.59 Å². The lowest BCUT2D eigenvalue weighted by Crippen LogP contribution is -2.32.